The summed E-state index contributed by atoms with van der Waals surface area (Å²) in [7, 11) is 0. The molecule has 0 fully saturated rings. The third-order valence-corrected chi connectivity index (χ3v) is 4.83. The van der Waals surface area contributed by atoms with Crippen molar-refractivity contribution in [3.05, 3.63) is 29.8 Å². The number of aromatic hydroxyl groups is 1. The van der Waals surface area contributed by atoms with Crippen LogP contribution in [0.3, 0.4) is 0 Å². The van der Waals surface area contributed by atoms with Gasteiger partial charge in [0.1, 0.15) is 23.4 Å². The van der Waals surface area contributed by atoms with E-state index in [0.29, 0.717) is 12.0 Å². The number of carbonyl (C=O) groups excluding carboxylic acids is 3. The molecule has 2 unspecified atom stereocenters. The molecule has 0 heterocycles. The van der Waals surface area contributed by atoms with Crippen molar-refractivity contribution in [1.82, 2.24) is 15.5 Å². The van der Waals surface area contributed by atoms with Crippen molar-refractivity contribution in [1.29, 1.82) is 0 Å². The Morgan fingerprint density at radius 2 is 1.53 bits per heavy atom. The Balaban J connectivity index is 3.57. The van der Waals surface area contributed by atoms with E-state index in [4.69, 9.17) is 4.74 Å². The number of phenolic OH excluding ortho intramolecular Hbond substituents is 1. The fourth-order valence-electron chi connectivity index (χ4n) is 3.64. The maximum atomic E-state index is 14.0. The zero-order chi connectivity index (χ0) is 26.4. The van der Waals surface area contributed by atoms with Gasteiger partial charge < -0.3 is 25.4 Å². The first-order valence-corrected chi connectivity index (χ1v) is 11.8. The number of phenols is 1. The number of nitrogens with one attached hydrogen (secondary N) is 2. The van der Waals surface area contributed by atoms with Gasteiger partial charge in [0.25, 0.3) is 0 Å². The van der Waals surface area contributed by atoms with E-state index in [1.807, 2.05) is 48.5 Å². The first-order valence-electron chi connectivity index (χ1n) is 11.8. The lowest BCUT2D eigenvalue weighted by molar-refractivity contribution is -0.149. The molecule has 0 saturated carbocycles. The van der Waals surface area contributed by atoms with Crippen LogP contribution in [0.4, 0.5) is 4.79 Å². The Bertz CT molecular complexity index is 853. The normalized spacial score (nSPS) is 13.9. The minimum atomic E-state index is -1.11. The van der Waals surface area contributed by atoms with Gasteiger partial charge in [0, 0.05) is 17.1 Å². The van der Waals surface area contributed by atoms with Gasteiger partial charge in [0.2, 0.25) is 11.8 Å². The van der Waals surface area contributed by atoms with Gasteiger partial charge in [-0.05, 0) is 73.8 Å². The second kappa shape index (κ2) is 11.6. The molecule has 3 amide bonds. The minimum Gasteiger partial charge on any atom is -0.508 e. The van der Waals surface area contributed by atoms with Crippen LogP contribution in [-0.4, -0.2) is 51.1 Å². The van der Waals surface area contributed by atoms with Crippen molar-refractivity contribution in [3.8, 4) is 5.75 Å². The number of hydrogen-bond donors (Lipinski definition) is 3. The molecule has 8 nitrogen and oxygen atoms in total. The summed E-state index contributed by atoms with van der Waals surface area (Å²) in [5.41, 5.74) is -1.23. The number of hydrogen-bond acceptors (Lipinski definition) is 5. The molecular formula is C26H43N3O5. The van der Waals surface area contributed by atoms with Crippen molar-refractivity contribution in [2.24, 2.45) is 5.92 Å². The fraction of sp³-hybridized carbons (Fsp3) is 0.654. The summed E-state index contributed by atoms with van der Waals surface area (Å²) in [5.74, 6) is -0.854. The SMILES string of the molecule is CC(C)CC(NC(=O)OC(C)(C)C)C(=O)N(C(C(=O)NC(C)C)c1ccccc1O)C(C)(C)C. The molecule has 192 valence electrons. The summed E-state index contributed by atoms with van der Waals surface area (Å²) < 4.78 is 5.39. The molecule has 1 rings (SSSR count). The van der Waals surface area contributed by atoms with Gasteiger partial charge >= 0.3 is 6.09 Å². The zero-order valence-electron chi connectivity index (χ0n) is 22.4. The van der Waals surface area contributed by atoms with Gasteiger partial charge in [-0.3, -0.25) is 9.59 Å². The van der Waals surface area contributed by atoms with E-state index >= 15 is 0 Å². The lowest BCUT2D eigenvalue weighted by Crippen LogP contribution is -2.59. The van der Waals surface area contributed by atoms with Gasteiger partial charge in [-0.2, -0.15) is 0 Å². The second-order valence-corrected chi connectivity index (χ2v) is 11.3. The highest BCUT2D eigenvalue weighted by Gasteiger charge is 2.43. The Kier molecular flexibility index (Phi) is 9.97. The van der Waals surface area contributed by atoms with Crippen LogP contribution in [0, 0.1) is 5.92 Å². The Morgan fingerprint density at radius 3 is 1.97 bits per heavy atom. The van der Waals surface area contributed by atoms with Crippen molar-refractivity contribution in [2.75, 3.05) is 0 Å². The van der Waals surface area contributed by atoms with Crippen LogP contribution in [0.2, 0.25) is 0 Å². The molecule has 1 aromatic rings. The standard InChI is InChI=1S/C26H43N3O5/c1-16(2)15-19(28-24(33)34-26(8,9)10)23(32)29(25(5,6)7)21(22(31)27-17(3)4)18-13-11-12-14-20(18)30/h11-14,16-17,19,21,30H,15H2,1-10H3,(H,27,31)(H,28,33). The number of amides is 3. The molecule has 0 aliphatic carbocycles. The molecule has 0 radical (unpaired) electrons. The molecular weight excluding hydrogens is 434 g/mol. The van der Waals surface area contributed by atoms with Gasteiger partial charge in [0.05, 0.1) is 0 Å². The maximum absolute atomic E-state index is 14.0. The molecule has 2 atom stereocenters. The molecule has 0 bridgehead atoms. The first-order chi connectivity index (χ1) is 15.4. The average molecular weight is 478 g/mol. The second-order valence-electron chi connectivity index (χ2n) is 11.3. The van der Waals surface area contributed by atoms with E-state index in [1.54, 1.807) is 39.0 Å². The van der Waals surface area contributed by atoms with E-state index in [-0.39, 0.29) is 17.7 Å². The van der Waals surface area contributed by atoms with Gasteiger partial charge in [0.15, 0.2) is 0 Å². The fourth-order valence-corrected chi connectivity index (χ4v) is 3.64. The number of nitrogens with zero attached hydrogens (tertiary/aromatic N) is 1. The summed E-state index contributed by atoms with van der Waals surface area (Å²) >= 11 is 0. The van der Waals surface area contributed by atoms with Crippen LogP contribution in [0.5, 0.6) is 5.75 Å². The van der Waals surface area contributed by atoms with Gasteiger partial charge in [-0.15, -0.1) is 0 Å². The Hall–Kier alpha value is -2.77. The van der Waals surface area contributed by atoms with Crippen LogP contribution < -0.4 is 10.6 Å². The van der Waals surface area contributed by atoms with Gasteiger partial charge in [-0.1, -0.05) is 32.0 Å². The molecule has 0 aliphatic rings. The summed E-state index contributed by atoms with van der Waals surface area (Å²) in [5, 5.41) is 16.2. The molecule has 8 heteroatoms. The predicted octanol–water partition coefficient (Wildman–Crippen LogP) is 4.52. The number of alkyl carbamates (subject to hydrolysis) is 1. The largest absolute Gasteiger partial charge is 0.508 e. The highest BCUT2D eigenvalue weighted by atomic mass is 16.6. The van der Waals surface area contributed by atoms with Crippen molar-refractivity contribution >= 4 is 17.9 Å². The van der Waals surface area contributed by atoms with Crippen LogP contribution in [-0.2, 0) is 14.3 Å². The van der Waals surface area contributed by atoms with Gasteiger partial charge in [-0.25, -0.2) is 4.79 Å². The summed E-state index contributed by atoms with van der Waals surface area (Å²) in [4.78, 5) is 41.5. The van der Waals surface area contributed by atoms with E-state index in [2.05, 4.69) is 10.6 Å². The molecule has 0 saturated heterocycles. The summed E-state index contributed by atoms with van der Waals surface area (Å²) in [6, 6.07) is 4.28. The lowest BCUT2D eigenvalue weighted by Gasteiger charge is -2.43. The molecule has 0 aliphatic heterocycles. The smallest absolute Gasteiger partial charge is 0.408 e. The highest BCUT2D eigenvalue weighted by molar-refractivity contribution is 5.93. The number of rotatable bonds is 8. The Labute approximate surface area is 204 Å². The molecule has 34 heavy (non-hydrogen) atoms. The van der Waals surface area contributed by atoms with Crippen LogP contribution in [0.25, 0.3) is 0 Å². The molecule has 0 spiro atoms. The number of benzene rings is 1. The molecule has 3 N–H and O–H groups in total. The summed E-state index contributed by atoms with van der Waals surface area (Å²) in [6.45, 7) is 18.3. The van der Waals surface area contributed by atoms with Crippen molar-refractivity contribution in [2.45, 2.75) is 105 Å². The third kappa shape index (κ3) is 8.88. The average Bonchev–Trinajstić information content (AvgIpc) is 2.62. The Morgan fingerprint density at radius 1 is 0.971 bits per heavy atom. The molecule has 1 aromatic carbocycles. The maximum Gasteiger partial charge on any atom is 0.408 e. The molecule has 0 aromatic heterocycles. The zero-order valence-corrected chi connectivity index (χ0v) is 22.4. The summed E-state index contributed by atoms with van der Waals surface area (Å²) in [6.07, 6.45) is -0.352. The highest BCUT2D eigenvalue weighted by Crippen LogP contribution is 2.35. The third-order valence-electron chi connectivity index (χ3n) is 4.83. The predicted molar refractivity (Wildman–Crippen MR) is 133 cm³/mol. The van der Waals surface area contributed by atoms with Crippen LogP contribution in [0.1, 0.15) is 87.3 Å². The number of ether oxygens (including phenoxy) is 1. The topological polar surface area (TPSA) is 108 Å². The van der Waals surface area contributed by atoms with Crippen molar-refractivity contribution in [3.63, 3.8) is 0 Å². The number of para-hydroxylation sites is 1. The van der Waals surface area contributed by atoms with E-state index in [1.165, 1.54) is 11.0 Å². The quantitative estimate of drug-likeness (QED) is 0.510. The minimum absolute atomic E-state index is 0.0822. The first kappa shape index (κ1) is 29.3. The van der Waals surface area contributed by atoms with E-state index < -0.39 is 41.1 Å². The van der Waals surface area contributed by atoms with Crippen LogP contribution in [0.15, 0.2) is 24.3 Å². The van der Waals surface area contributed by atoms with E-state index in [9.17, 15) is 19.5 Å². The van der Waals surface area contributed by atoms with E-state index in [0.717, 1.165) is 0 Å². The monoisotopic (exact) mass is 477 g/mol. The lowest BCUT2D eigenvalue weighted by atomic mass is 9.93. The van der Waals surface area contributed by atoms with Crippen LogP contribution >= 0.6 is 0 Å². The number of carbonyl (C=O) groups is 3. The van der Waals surface area contributed by atoms with Crippen molar-refractivity contribution < 1.29 is 24.2 Å².